The molecule has 1 aromatic carbocycles. The van der Waals surface area contributed by atoms with Crippen LogP contribution >= 0.6 is 0 Å². The molecular weight excluding hydrogens is 277 g/mol. The predicted molar refractivity (Wildman–Crippen MR) is 88.2 cm³/mol. The minimum atomic E-state index is -0.633. The lowest BCUT2D eigenvalue weighted by atomic mass is 10.0. The van der Waals surface area contributed by atoms with E-state index in [1.54, 1.807) is 0 Å². The van der Waals surface area contributed by atoms with E-state index in [-0.39, 0.29) is 0 Å². The molecule has 1 aliphatic heterocycles. The smallest absolute Gasteiger partial charge is 0.103 e. The van der Waals surface area contributed by atoms with Gasteiger partial charge in [0.05, 0.1) is 0 Å². The number of rotatable bonds is 3. The Balaban J connectivity index is 1.79. The van der Waals surface area contributed by atoms with Crippen LogP contribution in [0.15, 0.2) is 36.5 Å². The minimum Gasteiger partial charge on any atom is -0.399 e. The van der Waals surface area contributed by atoms with E-state index in [2.05, 4.69) is 22.0 Å². The topological polar surface area (TPSA) is 42.1 Å². The maximum atomic E-state index is 13.2. The van der Waals surface area contributed by atoms with Gasteiger partial charge in [0.15, 0.2) is 0 Å². The number of aryl methyl sites for hydroxylation is 1. The van der Waals surface area contributed by atoms with Gasteiger partial charge in [-0.25, -0.2) is 4.39 Å². The molecule has 0 unspecified atom stereocenters. The van der Waals surface area contributed by atoms with Gasteiger partial charge in [-0.3, -0.25) is 9.88 Å². The van der Waals surface area contributed by atoms with E-state index in [0.29, 0.717) is 12.8 Å². The van der Waals surface area contributed by atoms with E-state index in [9.17, 15) is 4.39 Å². The highest BCUT2D eigenvalue weighted by atomic mass is 19.1. The van der Waals surface area contributed by atoms with Crippen LogP contribution in [0.1, 0.15) is 24.1 Å². The Morgan fingerprint density at radius 2 is 1.95 bits per heavy atom. The first-order chi connectivity index (χ1) is 10.6. The molecule has 0 aliphatic carbocycles. The molecule has 2 heterocycles. The highest BCUT2D eigenvalue weighted by Crippen LogP contribution is 2.25. The first-order valence-corrected chi connectivity index (χ1v) is 7.79. The zero-order valence-corrected chi connectivity index (χ0v) is 12.9. The third kappa shape index (κ3) is 3.63. The number of benzene rings is 1. The molecule has 0 bridgehead atoms. The zero-order valence-electron chi connectivity index (χ0n) is 12.9. The van der Waals surface area contributed by atoms with Crippen molar-refractivity contribution in [2.24, 2.45) is 0 Å². The van der Waals surface area contributed by atoms with Gasteiger partial charge in [0.1, 0.15) is 6.17 Å². The van der Waals surface area contributed by atoms with Crippen LogP contribution < -0.4 is 5.73 Å². The van der Waals surface area contributed by atoms with Crippen molar-refractivity contribution in [3.8, 4) is 11.1 Å². The maximum absolute atomic E-state index is 13.2. The summed E-state index contributed by atoms with van der Waals surface area (Å²) >= 11 is 0. The first-order valence-electron chi connectivity index (χ1n) is 7.79. The Hall–Kier alpha value is -1.94. The number of piperidine rings is 1. The lowest BCUT2D eigenvalue weighted by Gasteiger charge is -2.28. The molecule has 0 atom stereocenters. The van der Waals surface area contributed by atoms with Gasteiger partial charge in [-0.15, -0.1) is 0 Å². The van der Waals surface area contributed by atoms with Crippen molar-refractivity contribution in [1.82, 2.24) is 9.88 Å². The van der Waals surface area contributed by atoms with Crippen molar-refractivity contribution >= 4 is 5.69 Å². The summed E-state index contributed by atoms with van der Waals surface area (Å²) in [5.74, 6) is 0. The molecule has 3 rings (SSSR count). The van der Waals surface area contributed by atoms with Gasteiger partial charge in [-0.2, -0.15) is 0 Å². The van der Waals surface area contributed by atoms with Crippen LogP contribution in [-0.4, -0.2) is 29.1 Å². The van der Waals surface area contributed by atoms with Gasteiger partial charge in [-0.05, 0) is 55.2 Å². The number of pyridine rings is 1. The quantitative estimate of drug-likeness (QED) is 0.881. The normalized spacial score (nSPS) is 16.8. The van der Waals surface area contributed by atoms with Gasteiger partial charge >= 0.3 is 0 Å². The summed E-state index contributed by atoms with van der Waals surface area (Å²) in [6, 6.07) is 10.2. The Kier molecular flexibility index (Phi) is 4.39. The molecular formula is C18H22FN3. The third-order valence-corrected chi connectivity index (χ3v) is 4.18. The summed E-state index contributed by atoms with van der Waals surface area (Å²) in [5.41, 5.74) is 11.1. The summed E-state index contributed by atoms with van der Waals surface area (Å²) < 4.78 is 13.2. The van der Waals surface area contributed by atoms with Crippen LogP contribution in [0.5, 0.6) is 0 Å². The number of hydrogen-bond donors (Lipinski definition) is 1. The van der Waals surface area contributed by atoms with E-state index in [4.69, 9.17) is 5.73 Å². The molecule has 0 saturated carbocycles. The Bertz CT molecular complexity index is 631. The molecule has 3 nitrogen and oxygen atoms in total. The molecule has 4 heteroatoms. The molecule has 1 aromatic heterocycles. The molecule has 0 radical (unpaired) electrons. The summed E-state index contributed by atoms with van der Waals surface area (Å²) in [6.07, 6.45) is 2.52. The van der Waals surface area contributed by atoms with Gasteiger partial charge in [-0.1, -0.05) is 6.07 Å². The molecule has 0 spiro atoms. The number of anilines is 1. The zero-order chi connectivity index (χ0) is 15.5. The monoisotopic (exact) mass is 299 g/mol. The fourth-order valence-electron chi connectivity index (χ4n) is 2.93. The van der Waals surface area contributed by atoms with Crippen LogP contribution in [-0.2, 0) is 6.54 Å². The number of alkyl halides is 1. The van der Waals surface area contributed by atoms with Gasteiger partial charge in [0, 0.05) is 42.8 Å². The van der Waals surface area contributed by atoms with Crippen LogP contribution in [0.2, 0.25) is 0 Å². The van der Waals surface area contributed by atoms with Crippen molar-refractivity contribution in [3.05, 3.63) is 47.8 Å². The van der Waals surface area contributed by atoms with Crippen molar-refractivity contribution in [1.29, 1.82) is 0 Å². The average Bonchev–Trinajstić information content (AvgIpc) is 2.50. The Morgan fingerprint density at radius 3 is 2.64 bits per heavy atom. The van der Waals surface area contributed by atoms with Crippen LogP contribution in [0.3, 0.4) is 0 Å². The van der Waals surface area contributed by atoms with Crippen LogP contribution in [0, 0.1) is 6.92 Å². The van der Waals surface area contributed by atoms with Gasteiger partial charge < -0.3 is 5.73 Å². The lowest BCUT2D eigenvalue weighted by molar-refractivity contribution is 0.145. The van der Waals surface area contributed by atoms with E-state index >= 15 is 0 Å². The highest BCUT2D eigenvalue weighted by Gasteiger charge is 2.18. The summed E-state index contributed by atoms with van der Waals surface area (Å²) in [4.78, 5) is 6.64. The molecule has 1 aliphatic rings. The second-order valence-corrected chi connectivity index (χ2v) is 6.10. The predicted octanol–water partition coefficient (Wildman–Crippen LogP) is 3.57. The maximum Gasteiger partial charge on any atom is 0.103 e. The van der Waals surface area contributed by atoms with E-state index in [1.807, 2.05) is 31.3 Å². The van der Waals surface area contributed by atoms with Crippen molar-refractivity contribution < 1.29 is 4.39 Å². The minimum absolute atomic E-state index is 0.633. The Labute approximate surface area is 131 Å². The second-order valence-electron chi connectivity index (χ2n) is 6.10. The number of nitrogen functional groups attached to an aromatic ring is 1. The summed E-state index contributed by atoms with van der Waals surface area (Å²) in [5, 5.41) is 0. The number of nitrogens with zero attached hydrogens (tertiary/aromatic N) is 2. The van der Waals surface area contributed by atoms with Crippen molar-refractivity contribution in [2.45, 2.75) is 32.5 Å². The molecule has 1 saturated heterocycles. The lowest BCUT2D eigenvalue weighted by Crippen LogP contribution is -2.33. The second kappa shape index (κ2) is 6.44. The van der Waals surface area contributed by atoms with Gasteiger partial charge in [0.25, 0.3) is 0 Å². The van der Waals surface area contributed by atoms with Gasteiger partial charge in [0.2, 0.25) is 0 Å². The van der Waals surface area contributed by atoms with E-state index in [1.165, 1.54) is 5.56 Å². The summed E-state index contributed by atoms with van der Waals surface area (Å²) in [6.45, 7) is 4.43. The molecule has 2 N–H and O–H groups in total. The number of nitrogens with two attached hydrogens (primary N) is 1. The molecule has 116 valence electrons. The van der Waals surface area contributed by atoms with E-state index in [0.717, 1.165) is 42.1 Å². The summed E-state index contributed by atoms with van der Waals surface area (Å²) in [7, 11) is 0. The molecule has 1 fully saturated rings. The van der Waals surface area contributed by atoms with Crippen molar-refractivity contribution in [3.63, 3.8) is 0 Å². The molecule has 0 amide bonds. The number of halogens is 1. The van der Waals surface area contributed by atoms with Crippen molar-refractivity contribution in [2.75, 3.05) is 18.8 Å². The third-order valence-electron chi connectivity index (χ3n) is 4.18. The van der Waals surface area contributed by atoms with Crippen LogP contribution in [0.25, 0.3) is 11.1 Å². The fraction of sp³-hybridized carbons (Fsp3) is 0.389. The first kappa shape index (κ1) is 15.0. The largest absolute Gasteiger partial charge is 0.399 e. The van der Waals surface area contributed by atoms with E-state index < -0.39 is 6.17 Å². The average molecular weight is 299 g/mol. The fourth-order valence-corrected chi connectivity index (χ4v) is 2.93. The number of hydrogen-bond acceptors (Lipinski definition) is 3. The van der Waals surface area contributed by atoms with Crippen LogP contribution in [0.4, 0.5) is 10.1 Å². The SMILES string of the molecule is Cc1ccc(-c2cc(N)cc(CN3CCC(F)CC3)c2)cn1. The standard InChI is InChI=1S/C18H22FN3/c1-13-2-3-15(11-21-13)16-8-14(9-18(20)10-16)12-22-6-4-17(19)5-7-22/h2-3,8-11,17H,4-7,12,20H2,1H3. The Morgan fingerprint density at radius 1 is 1.18 bits per heavy atom. The molecule has 2 aromatic rings. The number of aromatic nitrogens is 1. The highest BCUT2D eigenvalue weighted by molar-refractivity contribution is 5.67. The number of likely N-dealkylation sites (tertiary alicyclic amines) is 1. The molecule has 22 heavy (non-hydrogen) atoms.